The van der Waals surface area contributed by atoms with Gasteiger partial charge in [-0.2, -0.15) is 5.10 Å². The first kappa shape index (κ1) is 24.2. The molecule has 0 aliphatic carbocycles. The Morgan fingerprint density at radius 3 is 1.85 bits per heavy atom. The third-order valence-electron chi connectivity index (χ3n) is 2.70. The van der Waals surface area contributed by atoms with E-state index in [4.69, 9.17) is 0 Å². The zero-order valence-electron chi connectivity index (χ0n) is 15.6. The van der Waals surface area contributed by atoms with E-state index in [-0.39, 0.29) is 0 Å². The molecule has 0 N–H and O–H groups in total. The van der Waals surface area contributed by atoms with Gasteiger partial charge in [0.05, 0.1) is 6.20 Å². The fourth-order valence-electron chi connectivity index (χ4n) is 1.49. The van der Waals surface area contributed by atoms with Gasteiger partial charge in [-0.3, -0.25) is 4.68 Å². The summed E-state index contributed by atoms with van der Waals surface area (Å²) in [6.07, 6.45) is 4.38. The molecule has 1 atom stereocenters. The van der Waals surface area contributed by atoms with Crippen LogP contribution in [0, 0.1) is 13.8 Å². The second kappa shape index (κ2) is 18.2. The SMILES string of the molecule is CC.CC.CCCC(C)n1ncc(C)c1C.CCOC. The number of aromatic nitrogens is 2. The van der Waals surface area contributed by atoms with Gasteiger partial charge in [0.25, 0.3) is 0 Å². The quantitative estimate of drug-likeness (QED) is 0.724. The molecule has 1 aromatic rings. The highest BCUT2D eigenvalue weighted by Crippen LogP contribution is 2.16. The molecular formula is C17H38N2O. The molecule has 3 heteroatoms. The highest BCUT2D eigenvalue weighted by Gasteiger charge is 2.07. The molecule has 0 aliphatic rings. The van der Waals surface area contributed by atoms with Crippen molar-refractivity contribution < 1.29 is 4.74 Å². The van der Waals surface area contributed by atoms with E-state index < -0.39 is 0 Å². The van der Waals surface area contributed by atoms with E-state index in [2.05, 4.69) is 42.2 Å². The first-order valence-corrected chi connectivity index (χ1v) is 8.08. The van der Waals surface area contributed by atoms with E-state index in [0.29, 0.717) is 6.04 Å². The molecule has 0 bridgehead atoms. The van der Waals surface area contributed by atoms with E-state index >= 15 is 0 Å². The number of ether oxygens (including phenoxy) is 1. The van der Waals surface area contributed by atoms with Gasteiger partial charge in [-0.25, -0.2) is 0 Å². The molecule has 3 nitrogen and oxygen atoms in total. The summed E-state index contributed by atoms with van der Waals surface area (Å²) in [4.78, 5) is 0. The van der Waals surface area contributed by atoms with Crippen LogP contribution in [0.4, 0.5) is 0 Å². The molecule has 1 rings (SSSR count). The predicted octanol–water partition coefficient (Wildman–Crippen LogP) is 5.57. The van der Waals surface area contributed by atoms with Crippen LogP contribution in [0.1, 0.15) is 78.6 Å². The number of methoxy groups -OCH3 is 1. The minimum Gasteiger partial charge on any atom is -0.385 e. The van der Waals surface area contributed by atoms with Gasteiger partial charge >= 0.3 is 0 Å². The largest absolute Gasteiger partial charge is 0.385 e. The number of hydrogen-bond donors (Lipinski definition) is 0. The second-order valence-corrected chi connectivity index (χ2v) is 4.07. The van der Waals surface area contributed by atoms with Crippen molar-refractivity contribution in [1.82, 2.24) is 9.78 Å². The Labute approximate surface area is 127 Å². The Balaban J connectivity index is -0.000000306. The van der Waals surface area contributed by atoms with Crippen molar-refractivity contribution >= 4 is 0 Å². The summed E-state index contributed by atoms with van der Waals surface area (Å²) in [5.74, 6) is 0. The zero-order chi connectivity index (χ0) is 16.6. The fourth-order valence-corrected chi connectivity index (χ4v) is 1.49. The molecule has 1 aromatic heterocycles. The van der Waals surface area contributed by atoms with E-state index in [0.717, 1.165) is 6.61 Å². The summed E-state index contributed by atoms with van der Waals surface area (Å²) in [5, 5.41) is 4.35. The monoisotopic (exact) mass is 286 g/mol. The van der Waals surface area contributed by atoms with Crippen molar-refractivity contribution in [2.24, 2.45) is 0 Å². The molecule has 1 heterocycles. The van der Waals surface area contributed by atoms with E-state index in [1.54, 1.807) is 7.11 Å². The maximum atomic E-state index is 4.54. The van der Waals surface area contributed by atoms with Gasteiger partial charge in [-0.15, -0.1) is 0 Å². The van der Waals surface area contributed by atoms with Gasteiger partial charge in [-0.05, 0) is 39.7 Å². The summed E-state index contributed by atoms with van der Waals surface area (Å²) in [7, 11) is 1.68. The lowest BCUT2D eigenvalue weighted by atomic mass is 10.2. The van der Waals surface area contributed by atoms with Crippen LogP contribution in [-0.2, 0) is 4.74 Å². The number of rotatable bonds is 4. The van der Waals surface area contributed by atoms with Crippen LogP contribution in [0.5, 0.6) is 0 Å². The predicted molar refractivity (Wildman–Crippen MR) is 91.6 cm³/mol. The summed E-state index contributed by atoms with van der Waals surface area (Å²) in [5.41, 5.74) is 2.59. The lowest BCUT2D eigenvalue weighted by molar-refractivity contribution is 0.215. The van der Waals surface area contributed by atoms with Gasteiger partial charge in [0, 0.05) is 25.5 Å². The van der Waals surface area contributed by atoms with Crippen LogP contribution in [0.25, 0.3) is 0 Å². The molecule has 0 amide bonds. The maximum Gasteiger partial charge on any atom is 0.0521 e. The van der Waals surface area contributed by atoms with Crippen LogP contribution >= 0.6 is 0 Å². The van der Waals surface area contributed by atoms with E-state index in [1.807, 2.05) is 40.8 Å². The molecule has 0 aliphatic heterocycles. The second-order valence-electron chi connectivity index (χ2n) is 4.07. The smallest absolute Gasteiger partial charge is 0.0521 e. The van der Waals surface area contributed by atoms with Crippen molar-refractivity contribution in [3.05, 3.63) is 17.5 Å². The van der Waals surface area contributed by atoms with Crippen molar-refractivity contribution in [2.45, 2.75) is 81.2 Å². The summed E-state index contributed by atoms with van der Waals surface area (Å²) in [6, 6.07) is 0.545. The third kappa shape index (κ3) is 11.0. The first-order chi connectivity index (χ1) is 9.58. The van der Waals surface area contributed by atoms with Crippen molar-refractivity contribution in [3.8, 4) is 0 Å². The zero-order valence-corrected chi connectivity index (χ0v) is 15.6. The Morgan fingerprint density at radius 1 is 1.15 bits per heavy atom. The summed E-state index contributed by atoms with van der Waals surface area (Å²) >= 11 is 0. The third-order valence-corrected chi connectivity index (χ3v) is 2.70. The van der Waals surface area contributed by atoms with Crippen molar-refractivity contribution in [1.29, 1.82) is 0 Å². The van der Waals surface area contributed by atoms with Crippen LogP contribution in [0.2, 0.25) is 0 Å². The highest BCUT2D eigenvalue weighted by molar-refractivity contribution is 5.13. The molecule has 20 heavy (non-hydrogen) atoms. The van der Waals surface area contributed by atoms with Crippen LogP contribution in [0.3, 0.4) is 0 Å². The van der Waals surface area contributed by atoms with E-state index in [9.17, 15) is 0 Å². The fraction of sp³-hybridized carbons (Fsp3) is 0.824. The molecule has 0 saturated carbocycles. The Bertz CT molecular complexity index is 281. The molecule has 0 radical (unpaired) electrons. The molecule has 0 aromatic carbocycles. The molecular weight excluding hydrogens is 248 g/mol. The summed E-state index contributed by atoms with van der Waals surface area (Å²) in [6.45, 7) is 19.5. The number of aryl methyl sites for hydroxylation is 1. The van der Waals surface area contributed by atoms with Crippen LogP contribution in [0.15, 0.2) is 6.20 Å². The Hall–Kier alpha value is -0.830. The normalized spacial score (nSPS) is 10.1. The summed E-state index contributed by atoms with van der Waals surface area (Å²) < 4.78 is 6.67. The maximum absolute atomic E-state index is 4.54. The highest BCUT2D eigenvalue weighted by atomic mass is 16.5. The Kier molecular flexibility index (Phi) is 22.0. The number of hydrogen-bond acceptors (Lipinski definition) is 2. The lowest BCUT2D eigenvalue weighted by Crippen LogP contribution is -2.08. The average molecular weight is 287 g/mol. The molecule has 122 valence electrons. The van der Waals surface area contributed by atoms with Gasteiger partial charge < -0.3 is 4.74 Å². The molecule has 1 unspecified atom stereocenters. The molecule has 0 spiro atoms. The molecule has 0 saturated heterocycles. The van der Waals surface area contributed by atoms with Gasteiger partial charge in [-0.1, -0.05) is 41.0 Å². The van der Waals surface area contributed by atoms with Crippen LogP contribution < -0.4 is 0 Å². The van der Waals surface area contributed by atoms with Gasteiger partial charge in [0.1, 0.15) is 0 Å². The molecule has 0 fully saturated rings. The lowest BCUT2D eigenvalue weighted by Gasteiger charge is -2.12. The minimum absolute atomic E-state index is 0.545. The van der Waals surface area contributed by atoms with Crippen LogP contribution in [-0.4, -0.2) is 23.5 Å². The Morgan fingerprint density at radius 2 is 1.60 bits per heavy atom. The average Bonchev–Trinajstić information content (AvgIpc) is 2.84. The topological polar surface area (TPSA) is 27.1 Å². The van der Waals surface area contributed by atoms with E-state index in [1.165, 1.54) is 24.1 Å². The van der Waals surface area contributed by atoms with Gasteiger partial charge in [0.15, 0.2) is 0 Å². The van der Waals surface area contributed by atoms with Crippen molar-refractivity contribution in [2.75, 3.05) is 13.7 Å². The standard InChI is InChI=1S/C10H18N2.C3H8O.2C2H6/c1-5-6-9(3)12-10(4)8(2)7-11-12;1-3-4-2;2*1-2/h7,9H,5-6H2,1-4H3;3H2,1-2H3;2*1-2H3. The first-order valence-electron chi connectivity index (χ1n) is 8.08. The minimum atomic E-state index is 0.545. The number of nitrogens with zero attached hydrogens (tertiary/aromatic N) is 2. The van der Waals surface area contributed by atoms with Gasteiger partial charge in [0.2, 0.25) is 0 Å². The van der Waals surface area contributed by atoms with Crippen molar-refractivity contribution in [3.63, 3.8) is 0 Å².